The number of nitrogens with one attached hydrogen (secondary N) is 4. The molecule has 708 valence electrons. The third kappa shape index (κ3) is 24.2. The van der Waals surface area contributed by atoms with Gasteiger partial charge in [-0.2, -0.15) is 33.7 Å². The highest BCUT2D eigenvalue weighted by molar-refractivity contribution is 7.90. The van der Waals surface area contributed by atoms with Crippen LogP contribution in [0.25, 0.3) is 6.08 Å². The number of anilines is 8. The van der Waals surface area contributed by atoms with Gasteiger partial charge < -0.3 is 52.0 Å². The first-order chi connectivity index (χ1) is 60.9. The molecule has 8 aromatic heterocycles. The Morgan fingerprint density at radius 2 is 0.756 bits per heavy atom. The summed E-state index contributed by atoms with van der Waals surface area (Å²) in [5, 5.41) is -1.34. The van der Waals surface area contributed by atoms with E-state index in [1.807, 2.05) is 78.0 Å². The lowest BCUT2D eigenvalue weighted by molar-refractivity contribution is 0.0793. The van der Waals surface area contributed by atoms with Crippen molar-refractivity contribution in [2.24, 2.45) is 23.7 Å². The lowest BCUT2D eigenvalue weighted by atomic mass is 9.87. The van der Waals surface area contributed by atoms with Crippen molar-refractivity contribution in [3.05, 3.63) is 172 Å². The van der Waals surface area contributed by atoms with Gasteiger partial charge in [-0.05, 0) is 228 Å². The van der Waals surface area contributed by atoms with E-state index < -0.39 is 80.0 Å². The zero-order valence-corrected chi connectivity index (χ0v) is 81.3. The van der Waals surface area contributed by atoms with E-state index in [9.17, 15) is 52.8 Å². The molecule has 39 heteroatoms. The molecule has 5 aliphatic heterocycles. The van der Waals surface area contributed by atoms with Crippen molar-refractivity contribution in [1.29, 1.82) is 0 Å². The topological polar surface area (TPSA) is 492 Å². The minimum atomic E-state index is -4.32. The van der Waals surface area contributed by atoms with Gasteiger partial charge in [-0.15, -0.1) is 0 Å². The van der Waals surface area contributed by atoms with Gasteiger partial charge in [0.15, 0.2) is 20.1 Å². The van der Waals surface area contributed by atoms with Crippen LogP contribution in [0.3, 0.4) is 0 Å². The fourth-order valence-corrected chi connectivity index (χ4v) is 21.6. The Hall–Kier alpha value is -11.3. The number of sulfonamides is 4. The fourth-order valence-electron chi connectivity index (χ4n) is 17.8. The van der Waals surface area contributed by atoms with E-state index in [2.05, 4.69) is 123 Å². The van der Waals surface area contributed by atoms with E-state index in [1.54, 1.807) is 36.6 Å². The average molecular weight is 1880 g/mol. The number of nitrogens with zero attached hydrogens (tertiary/aromatic N) is 12. The summed E-state index contributed by atoms with van der Waals surface area (Å²) >= 11 is 0. The molecule has 1 saturated carbocycles. The molecule has 12 N–H and O–H groups in total. The van der Waals surface area contributed by atoms with Crippen LogP contribution >= 0.6 is 0 Å². The van der Waals surface area contributed by atoms with E-state index in [-0.39, 0.29) is 106 Å². The molecule has 4 amide bonds. The first-order valence-corrected chi connectivity index (χ1v) is 49.8. The number of hydrogen-bond donors (Lipinski definition) is 8. The molecule has 5 atom stereocenters. The van der Waals surface area contributed by atoms with E-state index in [4.69, 9.17) is 47.4 Å². The Morgan fingerprint density at radius 1 is 0.443 bits per heavy atom. The van der Waals surface area contributed by atoms with Crippen molar-refractivity contribution in [3.8, 4) is 0 Å². The van der Waals surface area contributed by atoms with E-state index in [0.717, 1.165) is 94.2 Å². The number of ether oxygens (including phenoxy) is 2. The summed E-state index contributed by atoms with van der Waals surface area (Å²) in [6, 6.07) is 26.6. The van der Waals surface area contributed by atoms with Crippen LogP contribution in [0.1, 0.15) is 265 Å². The fraction of sp³-hybridized carbons (Fsp3) is 0.500. The van der Waals surface area contributed by atoms with Crippen molar-refractivity contribution < 1.29 is 66.7 Å². The number of carbonyl (C=O) groups excluding carboxylic acids is 4. The molecular formula is C92H125FN20O14S4. The molecular weight excluding hydrogens is 1760 g/mol. The molecule has 2 unspecified atom stereocenters. The first kappa shape index (κ1) is 100. The van der Waals surface area contributed by atoms with E-state index in [1.165, 1.54) is 72.8 Å². The summed E-state index contributed by atoms with van der Waals surface area (Å²) in [7, 11) is -16.9. The van der Waals surface area contributed by atoms with Crippen LogP contribution in [0, 0.1) is 29.5 Å². The average Bonchev–Trinajstić information content (AvgIpc) is 1.70. The van der Waals surface area contributed by atoms with E-state index in [0.29, 0.717) is 78.9 Å². The highest BCUT2D eigenvalue weighted by Gasteiger charge is 2.46. The van der Waals surface area contributed by atoms with Crippen LogP contribution < -0.4 is 61.4 Å². The number of pyridine rings is 8. The minimum Gasteiger partial charge on any atom is -0.501 e. The second kappa shape index (κ2) is 38.9. The van der Waals surface area contributed by atoms with Crippen molar-refractivity contribution in [3.63, 3.8) is 0 Å². The second-order valence-electron chi connectivity index (χ2n) is 39.4. The number of amides is 4. The second-order valence-corrected chi connectivity index (χ2v) is 45.9. The summed E-state index contributed by atoms with van der Waals surface area (Å²) in [6.45, 7) is 43.4. The number of nitrogen functional groups attached to an aromatic ring is 4. The van der Waals surface area contributed by atoms with Crippen LogP contribution in [0.5, 0.6) is 0 Å². The highest BCUT2D eigenvalue weighted by atomic mass is 32.2. The quantitative estimate of drug-likeness (QED) is 0.0310. The SMILES string of the molecule is CC1CN(c2nc(C(C)(C)C)c(F)cc2C(=O)NS(=O)(=O)c2cccc(N)n2)C(C)(C)C1.CCO/C=C/c1cc(C(=O)NS(=O)(=O)c2cccc(N)n2)c(N2C[C@@H](C)CC2(C)C)nc1C(C)(C)C.C[C@@H]1CN(c2nc(C3CC3)ccc2C(=O)NS(=O)(=O)c2cccc(N)n2)C(C)(C)C1.C[C@@H]1CN(c2nc(C3CCCOC3)ccc2C(=O)NS(=O)(=O)c2cccc(N)n2)C(C)(C)C1. The number of aromatic nitrogens is 8. The molecule has 14 rings (SSSR count). The molecule has 0 aromatic carbocycles. The number of rotatable bonds is 21. The van der Waals surface area contributed by atoms with Crippen molar-refractivity contribution in [2.45, 2.75) is 248 Å². The molecule has 0 spiro atoms. The van der Waals surface area contributed by atoms with Gasteiger partial charge in [0.05, 0.1) is 53.1 Å². The number of halogens is 1. The predicted molar refractivity (Wildman–Crippen MR) is 504 cm³/mol. The third-order valence-electron chi connectivity index (χ3n) is 23.6. The molecule has 13 heterocycles. The molecule has 6 aliphatic rings. The van der Waals surface area contributed by atoms with Crippen LogP contribution in [-0.4, -0.2) is 165 Å². The Kier molecular flexibility index (Phi) is 29.8. The Balaban J connectivity index is 0.000000169. The maximum Gasteiger partial charge on any atom is 0.281 e. The summed E-state index contributed by atoms with van der Waals surface area (Å²) in [4.78, 5) is 95.8. The van der Waals surface area contributed by atoms with Crippen molar-refractivity contribution >= 4 is 116 Å². The minimum absolute atomic E-state index is 0.00365. The molecule has 0 bridgehead atoms. The number of nitrogens with two attached hydrogens (primary N) is 4. The van der Waals surface area contributed by atoms with Gasteiger partial charge in [-0.3, -0.25) is 19.2 Å². The zero-order valence-electron chi connectivity index (χ0n) is 78.0. The summed E-state index contributed by atoms with van der Waals surface area (Å²) in [5.74, 6) is 0.152. The maximum atomic E-state index is 15.0. The van der Waals surface area contributed by atoms with Crippen molar-refractivity contribution in [2.75, 3.05) is 88.5 Å². The van der Waals surface area contributed by atoms with Crippen LogP contribution in [0.2, 0.25) is 0 Å². The monoisotopic (exact) mass is 1880 g/mol. The van der Waals surface area contributed by atoms with Crippen LogP contribution in [0.15, 0.2) is 136 Å². The Bertz CT molecular complexity index is 6140. The number of hydrogen-bond acceptors (Lipinski definition) is 30. The van der Waals surface area contributed by atoms with E-state index >= 15 is 4.39 Å². The van der Waals surface area contributed by atoms with Gasteiger partial charge in [0.25, 0.3) is 63.7 Å². The molecule has 6 fully saturated rings. The third-order valence-corrected chi connectivity index (χ3v) is 28.5. The smallest absolute Gasteiger partial charge is 0.281 e. The maximum absolute atomic E-state index is 15.0. The van der Waals surface area contributed by atoms with Gasteiger partial charge >= 0.3 is 0 Å². The van der Waals surface area contributed by atoms with Gasteiger partial charge in [0.2, 0.25) is 0 Å². The largest absolute Gasteiger partial charge is 0.501 e. The molecule has 8 aromatic rings. The first-order valence-electron chi connectivity index (χ1n) is 43.8. The van der Waals surface area contributed by atoms with Crippen LogP contribution in [-0.2, 0) is 60.4 Å². The Morgan fingerprint density at radius 3 is 1.05 bits per heavy atom. The summed E-state index contributed by atoms with van der Waals surface area (Å²) in [5.41, 5.74) is 24.4. The summed E-state index contributed by atoms with van der Waals surface area (Å²) in [6.07, 6.45) is 11.1. The molecule has 1 aliphatic carbocycles. The molecule has 5 saturated heterocycles. The van der Waals surface area contributed by atoms with Gasteiger partial charge in [0, 0.05) is 94.6 Å². The molecule has 0 radical (unpaired) electrons. The predicted octanol–water partition coefficient (Wildman–Crippen LogP) is 12.7. The molecule has 131 heavy (non-hydrogen) atoms. The highest BCUT2D eigenvalue weighted by Crippen LogP contribution is 2.46. The molecule has 34 nitrogen and oxygen atoms in total. The Labute approximate surface area is 769 Å². The lowest BCUT2D eigenvalue weighted by Crippen LogP contribution is -2.41. The normalized spacial score (nSPS) is 20.0. The van der Waals surface area contributed by atoms with Crippen molar-refractivity contribution in [1.82, 2.24) is 58.8 Å². The standard InChI is InChI=1S/C26H37N5O4S.C23H31N5O4S.C22H30FN5O3S.C21H27N5O3S/c1-8-35-13-12-18-14-19(24(32)30-36(33,34)21-11-9-10-20(27)28-21)23(29-22(18)25(3,4)5)31-16-17(2)15-26(31,6)7;1-15-12-23(2,3)28(13-15)21-17(9-10-18(25-21)16-6-5-11-32-14-16)22(29)27-33(30,31)20-8-4-7-19(24)26-20;1-13-11-22(5,6)28(12-13)19-14(10-15(23)18(26-19)21(2,3)4)20(29)27-32(30,31)17-9-7-8-16(24)25-17;1-13-11-21(2,3)26(12-13)19-15(9-10-16(23-19)14-7-8-14)20(27)25-30(28,29)18-6-4-5-17(22)24-18/h9-14,17H,8,15-16H2,1-7H3,(H2,27,28)(H,30,32);4,7-10,15-16H,5-6,11-14H2,1-3H3,(H2,24,26)(H,27,29);7-10,13H,11-12H2,1-6H3,(H2,24,25)(H,27,29);4-6,9-10,13-14H,7-8,11-12H2,1-3H3,(H2,22,24)(H,25,27)/b13-12+;;;/t17-;15-,16?;;13-/m00.0/s1. The zero-order chi connectivity index (χ0) is 96.4. The lowest BCUT2D eigenvalue weighted by Gasteiger charge is -2.35. The van der Waals surface area contributed by atoms with Crippen LogP contribution in [0.4, 0.5) is 50.9 Å². The van der Waals surface area contributed by atoms with Gasteiger partial charge in [0.1, 0.15) is 52.4 Å². The number of carbonyl (C=O) groups is 4. The van der Waals surface area contributed by atoms with Gasteiger partial charge in [-0.25, -0.2) is 63.2 Å². The summed E-state index contributed by atoms with van der Waals surface area (Å²) < 4.78 is 137. The van der Waals surface area contributed by atoms with Gasteiger partial charge in [-0.1, -0.05) is 93.5 Å².